The molecule has 0 spiro atoms. The smallest absolute Gasteiger partial charge is 0.270 e. The Balaban J connectivity index is 0.00000162. The summed E-state index contributed by atoms with van der Waals surface area (Å²) in [5, 5.41) is 7.28. The normalized spacial score (nSPS) is 15.1. The van der Waals surface area contributed by atoms with Gasteiger partial charge in [-0.05, 0) is 30.7 Å². The van der Waals surface area contributed by atoms with E-state index in [1.54, 1.807) is 31.4 Å². The number of rotatable bonds is 5. The number of pyridine rings is 1. The summed E-state index contributed by atoms with van der Waals surface area (Å²) >= 11 is 0. The first-order chi connectivity index (χ1) is 15.5. The molecule has 1 fully saturated rings. The van der Waals surface area contributed by atoms with E-state index in [2.05, 4.69) is 30.5 Å². The Morgan fingerprint density at radius 3 is 2.79 bits per heavy atom. The minimum atomic E-state index is -0.349. The van der Waals surface area contributed by atoms with Gasteiger partial charge in [0.15, 0.2) is 5.82 Å². The molecule has 12 heteroatoms. The summed E-state index contributed by atoms with van der Waals surface area (Å²) in [7, 11) is 1.74. The van der Waals surface area contributed by atoms with E-state index in [-0.39, 0.29) is 49.1 Å². The molecule has 3 aromatic heterocycles. The number of halogens is 3. The fourth-order valence-electron chi connectivity index (χ4n) is 4.12. The summed E-state index contributed by atoms with van der Waals surface area (Å²) in [5.74, 6) is 0.466. The van der Waals surface area contributed by atoms with E-state index in [9.17, 15) is 9.18 Å². The Bertz CT molecular complexity index is 1320. The van der Waals surface area contributed by atoms with Gasteiger partial charge in [0.25, 0.3) is 5.91 Å². The molecule has 180 valence electrons. The van der Waals surface area contributed by atoms with Crippen LogP contribution in [0.15, 0.2) is 36.5 Å². The van der Waals surface area contributed by atoms with Crippen molar-refractivity contribution in [3.8, 4) is 0 Å². The Hall–Kier alpha value is -3.21. The quantitative estimate of drug-likeness (QED) is 0.327. The predicted molar refractivity (Wildman–Crippen MR) is 136 cm³/mol. The molecule has 5 N–H and O–H groups in total. The zero-order valence-electron chi connectivity index (χ0n) is 18.3. The summed E-state index contributed by atoms with van der Waals surface area (Å²) in [6.07, 6.45) is 2.41. The van der Waals surface area contributed by atoms with Crippen LogP contribution >= 0.6 is 24.8 Å². The van der Waals surface area contributed by atoms with Crippen LogP contribution in [-0.2, 0) is 6.54 Å². The molecule has 1 atom stereocenters. The number of hydrogen-bond acceptors (Lipinski definition) is 7. The largest absolute Gasteiger partial charge is 0.386 e. The van der Waals surface area contributed by atoms with E-state index in [1.165, 1.54) is 12.1 Å². The number of anilines is 2. The highest BCUT2D eigenvalue weighted by Gasteiger charge is 2.26. The number of H-pyrrole nitrogens is 1. The molecule has 4 heterocycles. The van der Waals surface area contributed by atoms with Gasteiger partial charge < -0.3 is 26.3 Å². The Morgan fingerprint density at radius 1 is 1.29 bits per heavy atom. The SMILES string of the molecule is CNc1cc(F)cc2c1[nH]c1nc(CNC(=O)c3ccccn3)nc(N3CCC(N)C3)c12.Cl.Cl. The number of benzene rings is 1. The van der Waals surface area contributed by atoms with Crippen LogP contribution in [-0.4, -0.2) is 52.0 Å². The summed E-state index contributed by atoms with van der Waals surface area (Å²) in [5.41, 5.74) is 8.41. The molecule has 9 nitrogen and oxygen atoms in total. The summed E-state index contributed by atoms with van der Waals surface area (Å²) in [4.78, 5) is 31.2. The van der Waals surface area contributed by atoms with Gasteiger partial charge >= 0.3 is 0 Å². The van der Waals surface area contributed by atoms with E-state index in [0.29, 0.717) is 40.6 Å². The van der Waals surface area contributed by atoms with Crippen LogP contribution in [0.3, 0.4) is 0 Å². The number of carbonyl (C=O) groups is 1. The second kappa shape index (κ2) is 10.4. The Labute approximate surface area is 207 Å². The van der Waals surface area contributed by atoms with Gasteiger partial charge in [-0.1, -0.05) is 6.07 Å². The number of amides is 1. The Morgan fingerprint density at radius 2 is 2.12 bits per heavy atom. The van der Waals surface area contributed by atoms with Crippen LogP contribution in [0.2, 0.25) is 0 Å². The molecule has 4 aromatic rings. The van der Waals surface area contributed by atoms with Crippen molar-refractivity contribution in [1.29, 1.82) is 0 Å². The van der Waals surface area contributed by atoms with Crippen LogP contribution in [0.5, 0.6) is 0 Å². The van der Waals surface area contributed by atoms with Gasteiger partial charge in [-0.2, -0.15) is 0 Å². The number of fused-ring (bicyclic) bond motifs is 3. The average molecular weight is 507 g/mol. The zero-order chi connectivity index (χ0) is 22.2. The first-order valence-corrected chi connectivity index (χ1v) is 10.4. The van der Waals surface area contributed by atoms with Gasteiger partial charge in [-0.15, -0.1) is 24.8 Å². The minimum Gasteiger partial charge on any atom is -0.386 e. The molecule has 1 aromatic carbocycles. The van der Waals surface area contributed by atoms with Crippen LogP contribution < -0.4 is 21.3 Å². The molecule has 0 saturated carbocycles. The lowest BCUT2D eigenvalue weighted by atomic mass is 10.1. The first-order valence-electron chi connectivity index (χ1n) is 10.4. The standard InChI is InChI=1S/C22H23FN8O.2ClH/c1-25-16-9-12(23)8-14-18-20(30-19(14)16)28-17(29-21(18)31-7-5-13(24)11-31)10-27-22(32)15-4-2-3-6-26-15;;/h2-4,6,8-9,13,25H,5,7,10-11,24H2,1H3,(H,27,32)(H,28,29,30);2*1H. The molecule has 1 amide bonds. The van der Waals surface area contributed by atoms with E-state index in [1.807, 2.05) is 0 Å². The third kappa shape index (κ3) is 4.70. The van der Waals surface area contributed by atoms with Gasteiger partial charge in [0, 0.05) is 37.8 Å². The Kier molecular flexibility index (Phi) is 7.75. The predicted octanol–water partition coefficient (Wildman–Crippen LogP) is 3.00. The molecular weight excluding hydrogens is 482 g/mol. The monoisotopic (exact) mass is 506 g/mol. The van der Waals surface area contributed by atoms with E-state index in [0.717, 1.165) is 23.9 Å². The van der Waals surface area contributed by atoms with Gasteiger partial charge in [-0.3, -0.25) is 9.78 Å². The lowest BCUT2D eigenvalue weighted by molar-refractivity contribution is 0.0945. The average Bonchev–Trinajstić information content (AvgIpc) is 3.40. The second-order valence-electron chi connectivity index (χ2n) is 7.83. The van der Waals surface area contributed by atoms with E-state index >= 15 is 0 Å². The fraction of sp³-hybridized carbons (Fsp3) is 0.273. The molecule has 5 rings (SSSR count). The molecule has 1 aliphatic rings. The topological polar surface area (TPSA) is 125 Å². The first kappa shape index (κ1) is 25.4. The van der Waals surface area contributed by atoms with Crippen molar-refractivity contribution in [2.45, 2.75) is 19.0 Å². The maximum absolute atomic E-state index is 14.3. The minimum absolute atomic E-state index is 0. The van der Waals surface area contributed by atoms with Crippen molar-refractivity contribution in [2.75, 3.05) is 30.4 Å². The number of aromatic nitrogens is 4. The van der Waals surface area contributed by atoms with Crippen LogP contribution in [0.4, 0.5) is 15.9 Å². The molecule has 34 heavy (non-hydrogen) atoms. The maximum atomic E-state index is 14.3. The lowest BCUT2D eigenvalue weighted by Gasteiger charge is -2.19. The number of carbonyl (C=O) groups excluding carboxylic acids is 1. The highest BCUT2D eigenvalue weighted by Crippen LogP contribution is 2.36. The van der Waals surface area contributed by atoms with E-state index < -0.39 is 0 Å². The molecular formula is C22H25Cl2FN8O. The highest BCUT2D eigenvalue weighted by atomic mass is 35.5. The lowest BCUT2D eigenvalue weighted by Crippen LogP contribution is -2.28. The second-order valence-corrected chi connectivity index (χ2v) is 7.83. The number of nitrogens with zero attached hydrogens (tertiary/aromatic N) is 4. The third-order valence-corrected chi connectivity index (χ3v) is 5.65. The molecule has 1 aliphatic heterocycles. The number of nitrogens with two attached hydrogens (primary N) is 1. The van der Waals surface area contributed by atoms with Crippen molar-refractivity contribution >= 4 is 64.2 Å². The summed E-state index contributed by atoms with van der Waals surface area (Å²) in [6, 6.07) is 8.11. The fourth-order valence-corrected chi connectivity index (χ4v) is 4.12. The van der Waals surface area contributed by atoms with Crippen molar-refractivity contribution < 1.29 is 9.18 Å². The van der Waals surface area contributed by atoms with Crippen LogP contribution in [0.1, 0.15) is 22.7 Å². The van der Waals surface area contributed by atoms with Crippen molar-refractivity contribution in [3.05, 3.63) is 53.9 Å². The molecule has 1 unspecified atom stereocenters. The van der Waals surface area contributed by atoms with Crippen molar-refractivity contribution in [2.24, 2.45) is 5.73 Å². The van der Waals surface area contributed by atoms with Gasteiger partial charge in [-0.25, -0.2) is 14.4 Å². The summed E-state index contributed by atoms with van der Waals surface area (Å²) < 4.78 is 14.3. The number of aromatic amines is 1. The molecule has 0 aliphatic carbocycles. The molecule has 1 saturated heterocycles. The van der Waals surface area contributed by atoms with Crippen LogP contribution in [0, 0.1) is 5.82 Å². The van der Waals surface area contributed by atoms with Crippen LogP contribution in [0.25, 0.3) is 21.9 Å². The third-order valence-electron chi connectivity index (χ3n) is 5.65. The van der Waals surface area contributed by atoms with Gasteiger partial charge in [0.1, 0.15) is 23.0 Å². The highest BCUT2D eigenvalue weighted by molar-refractivity contribution is 6.14. The van der Waals surface area contributed by atoms with Crippen molar-refractivity contribution in [3.63, 3.8) is 0 Å². The number of nitrogens with one attached hydrogen (secondary N) is 3. The van der Waals surface area contributed by atoms with Crippen molar-refractivity contribution in [1.82, 2.24) is 25.3 Å². The zero-order valence-corrected chi connectivity index (χ0v) is 20.0. The molecule has 0 bridgehead atoms. The maximum Gasteiger partial charge on any atom is 0.270 e. The summed E-state index contributed by atoms with van der Waals surface area (Å²) in [6.45, 7) is 1.52. The van der Waals surface area contributed by atoms with Gasteiger partial charge in [0.05, 0.1) is 23.1 Å². The molecule has 0 radical (unpaired) electrons. The van der Waals surface area contributed by atoms with Gasteiger partial charge in [0.2, 0.25) is 0 Å². The van der Waals surface area contributed by atoms with E-state index in [4.69, 9.17) is 10.7 Å². The number of hydrogen-bond donors (Lipinski definition) is 4.